The third-order valence-corrected chi connectivity index (χ3v) is 2.77. The van der Waals surface area contributed by atoms with E-state index in [0.717, 1.165) is 24.3 Å². The van der Waals surface area contributed by atoms with Gasteiger partial charge in [-0.3, -0.25) is 0 Å². The van der Waals surface area contributed by atoms with Gasteiger partial charge in [-0.05, 0) is 12.5 Å². The van der Waals surface area contributed by atoms with E-state index in [2.05, 4.69) is 15.0 Å². The van der Waals surface area contributed by atoms with E-state index in [1.165, 1.54) is 0 Å². The molecule has 5 nitrogen and oxygen atoms in total. The first kappa shape index (κ1) is 8.67. The summed E-state index contributed by atoms with van der Waals surface area (Å²) in [6.07, 6.45) is 5.91. The lowest BCUT2D eigenvalue weighted by molar-refractivity contribution is 0.198. The van der Waals surface area contributed by atoms with Crippen LogP contribution in [0.3, 0.4) is 0 Å². The molecule has 1 N–H and O–H groups in total. The molecule has 5 heteroatoms. The van der Waals surface area contributed by atoms with Gasteiger partial charge in [0, 0.05) is 25.5 Å². The van der Waals surface area contributed by atoms with E-state index in [4.69, 9.17) is 0 Å². The number of hydrogen-bond acceptors (Lipinski definition) is 4. The van der Waals surface area contributed by atoms with E-state index in [-0.39, 0.29) is 6.10 Å². The summed E-state index contributed by atoms with van der Waals surface area (Å²) >= 11 is 0. The highest BCUT2D eigenvalue weighted by molar-refractivity contribution is 5.68. The zero-order chi connectivity index (χ0) is 10.3. The van der Waals surface area contributed by atoms with E-state index in [9.17, 15) is 5.11 Å². The van der Waals surface area contributed by atoms with Crippen LogP contribution in [0.25, 0.3) is 5.52 Å². The van der Waals surface area contributed by atoms with E-state index in [0.29, 0.717) is 6.54 Å². The molecule has 0 aromatic carbocycles. The lowest BCUT2D eigenvalue weighted by atomic mass is 10.3. The summed E-state index contributed by atoms with van der Waals surface area (Å²) in [6, 6.07) is 1.94. The maximum Gasteiger partial charge on any atom is 0.154 e. The maximum absolute atomic E-state index is 9.49. The van der Waals surface area contributed by atoms with Crippen molar-refractivity contribution in [1.82, 2.24) is 14.6 Å². The second kappa shape index (κ2) is 3.20. The first-order chi connectivity index (χ1) is 7.34. The van der Waals surface area contributed by atoms with Gasteiger partial charge in [-0.2, -0.15) is 5.10 Å². The number of rotatable bonds is 1. The summed E-state index contributed by atoms with van der Waals surface area (Å²) in [6.45, 7) is 1.52. The molecule has 0 bridgehead atoms. The molecule has 0 unspecified atom stereocenters. The fourth-order valence-corrected chi connectivity index (χ4v) is 2.02. The van der Waals surface area contributed by atoms with Crippen molar-refractivity contribution in [1.29, 1.82) is 0 Å². The average Bonchev–Trinajstić information content (AvgIpc) is 2.84. The summed E-state index contributed by atoms with van der Waals surface area (Å²) in [5.41, 5.74) is 0.992. The monoisotopic (exact) mass is 204 g/mol. The van der Waals surface area contributed by atoms with Gasteiger partial charge in [-0.25, -0.2) is 9.50 Å². The van der Waals surface area contributed by atoms with Crippen molar-refractivity contribution in [3.8, 4) is 0 Å². The molecule has 2 aromatic heterocycles. The summed E-state index contributed by atoms with van der Waals surface area (Å²) in [5.74, 6) is 0.909. The Morgan fingerprint density at radius 1 is 1.40 bits per heavy atom. The van der Waals surface area contributed by atoms with Gasteiger partial charge >= 0.3 is 0 Å². The molecular formula is C10H12N4O. The molecule has 1 fully saturated rings. The van der Waals surface area contributed by atoms with Crippen LogP contribution in [0.4, 0.5) is 5.82 Å². The Kier molecular flexibility index (Phi) is 1.85. The number of aliphatic hydroxyl groups is 1. The van der Waals surface area contributed by atoms with E-state index < -0.39 is 0 Å². The zero-order valence-corrected chi connectivity index (χ0v) is 8.24. The molecule has 0 saturated carbocycles. The van der Waals surface area contributed by atoms with Gasteiger partial charge in [0.1, 0.15) is 5.52 Å². The molecule has 3 rings (SSSR count). The zero-order valence-electron chi connectivity index (χ0n) is 8.24. The molecule has 0 aliphatic carbocycles. The van der Waals surface area contributed by atoms with Crippen LogP contribution in [0, 0.1) is 0 Å². The Bertz CT molecular complexity index is 481. The molecule has 78 valence electrons. The van der Waals surface area contributed by atoms with Crippen LogP contribution < -0.4 is 4.90 Å². The first-order valence-corrected chi connectivity index (χ1v) is 5.06. The van der Waals surface area contributed by atoms with Gasteiger partial charge in [0.05, 0.1) is 12.3 Å². The third kappa shape index (κ3) is 1.35. The number of aliphatic hydroxyl groups excluding tert-OH is 1. The lowest BCUT2D eigenvalue weighted by Gasteiger charge is -2.16. The average molecular weight is 204 g/mol. The number of nitrogens with zero attached hydrogens (tertiary/aromatic N) is 4. The topological polar surface area (TPSA) is 53.7 Å². The van der Waals surface area contributed by atoms with Crippen LogP contribution in [0.15, 0.2) is 24.7 Å². The van der Waals surface area contributed by atoms with Crippen LogP contribution in [-0.4, -0.2) is 38.9 Å². The Labute approximate surface area is 87.0 Å². The van der Waals surface area contributed by atoms with Gasteiger partial charge in [0.2, 0.25) is 0 Å². The highest BCUT2D eigenvalue weighted by atomic mass is 16.3. The largest absolute Gasteiger partial charge is 0.391 e. The minimum Gasteiger partial charge on any atom is -0.391 e. The summed E-state index contributed by atoms with van der Waals surface area (Å²) in [5, 5.41) is 13.6. The molecule has 1 aliphatic rings. The van der Waals surface area contributed by atoms with Crippen LogP contribution in [0.5, 0.6) is 0 Å². The fourth-order valence-electron chi connectivity index (χ4n) is 2.02. The van der Waals surface area contributed by atoms with Crippen LogP contribution in [0.2, 0.25) is 0 Å². The molecule has 1 atom stereocenters. The molecule has 3 heterocycles. The van der Waals surface area contributed by atoms with Crippen molar-refractivity contribution in [2.45, 2.75) is 12.5 Å². The van der Waals surface area contributed by atoms with E-state index in [1.807, 2.05) is 12.3 Å². The second-order valence-electron chi connectivity index (χ2n) is 3.80. The Morgan fingerprint density at radius 3 is 3.13 bits per heavy atom. The predicted molar refractivity (Wildman–Crippen MR) is 55.8 cm³/mol. The minimum atomic E-state index is -0.227. The van der Waals surface area contributed by atoms with Crippen LogP contribution in [-0.2, 0) is 0 Å². The number of β-amino-alcohol motifs (C(OH)–C–C–N with tert-alkyl or cyclic N) is 1. The Morgan fingerprint density at radius 2 is 2.33 bits per heavy atom. The molecular weight excluding hydrogens is 192 g/mol. The van der Waals surface area contributed by atoms with Crippen molar-refractivity contribution >= 4 is 11.3 Å². The molecule has 0 amide bonds. The molecule has 1 aliphatic heterocycles. The molecule has 2 aromatic rings. The Balaban J connectivity index is 2.06. The smallest absolute Gasteiger partial charge is 0.154 e. The first-order valence-electron chi connectivity index (χ1n) is 5.06. The van der Waals surface area contributed by atoms with E-state index >= 15 is 0 Å². The fraction of sp³-hybridized carbons (Fsp3) is 0.400. The third-order valence-electron chi connectivity index (χ3n) is 2.77. The normalized spacial score (nSPS) is 21.4. The van der Waals surface area contributed by atoms with Crippen LogP contribution in [0.1, 0.15) is 6.42 Å². The molecule has 1 saturated heterocycles. The number of fused-ring (bicyclic) bond motifs is 1. The summed E-state index contributed by atoms with van der Waals surface area (Å²) < 4.78 is 1.80. The van der Waals surface area contributed by atoms with Crippen molar-refractivity contribution in [2.75, 3.05) is 18.0 Å². The van der Waals surface area contributed by atoms with Gasteiger partial charge < -0.3 is 10.0 Å². The van der Waals surface area contributed by atoms with Crippen molar-refractivity contribution < 1.29 is 5.11 Å². The molecule has 15 heavy (non-hydrogen) atoms. The maximum atomic E-state index is 9.49. The molecule has 0 radical (unpaired) electrons. The minimum absolute atomic E-state index is 0.227. The summed E-state index contributed by atoms with van der Waals surface area (Å²) in [7, 11) is 0. The summed E-state index contributed by atoms with van der Waals surface area (Å²) in [4.78, 5) is 6.45. The highest BCUT2D eigenvalue weighted by Gasteiger charge is 2.22. The SMILES string of the molecule is O[C@H]1CCN(c2nccn3nccc23)C1. The van der Waals surface area contributed by atoms with E-state index in [1.54, 1.807) is 16.9 Å². The predicted octanol–water partition coefficient (Wildman–Crippen LogP) is 0.300. The van der Waals surface area contributed by atoms with Gasteiger partial charge in [-0.1, -0.05) is 0 Å². The van der Waals surface area contributed by atoms with Crippen LogP contribution >= 0.6 is 0 Å². The lowest BCUT2D eigenvalue weighted by Crippen LogP contribution is -2.22. The van der Waals surface area contributed by atoms with Gasteiger partial charge in [0.15, 0.2) is 5.82 Å². The van der Waals surface area contributed by atoms with Gasteiger partial charge in [-0.15, -0.1) is 0 Å². The standard InChI is InChI=1S/C10H12N4O/c15-8-2-5-13(7-8)10-9-1-3-12-14(9)6-4-11-10/h1,3-4,6,8,15H,2,5,7H2/t8-/m0/s1. The van der Waals surface area contributed by atoms with Gasteiger partial charge in [0.25, 0.3) is 0 Å². The Hall–Kier alpha value is -1.62. The van der Waals surface area contributed by atoms with Crippen molar-refractivity contribution in [2.24, 2.45) is 0 Å². The number of hydrogen-bond donors (Lipinski definition) is 1. The molecule has 0 spiro atoms. The number of anilines is 1. The van der Waals surface area contributed by atoms with Crippen molar-refractivity contribution in [3.63, 3.8) is 0 Å². The second-order valence-corrected chi connectivity index (χ2v) is 3.80. The highest BCUT2D eigenvalue weighted by Crippen LogP contribution is 2.22. The van der Waals surface area contributed by atoms with Crippen molar-refractivity contribution in [3.05, 3.63) is 24.7 Å². The quantitative estimate of drug-likeness (QED) is 0.726. The number of aromatic nitrogens is 3.